The predicted molar refractivity (Wildman–Crippen MR) is 466 cm³/mol. The normalized spacial score (nSPS) is 12.4. The Hall–Kier alpha value is -11.6. The molecule has 3 amide bonds. The van der Waals surface area contributed by atoms with Gasteiger partial charge in [-0.1, -0.05) is 222 Å². The second-order valence-corrected chi connectivity index (χ2v) is 31.9. The summed E-state index contributed by atoms with van der Waals surface area (Å²) in [5.74, 6) is 5.47. The molecular formula is C96H114N12O3. The van der Waals surface area contributed by atoms with E-state index in [9.17, 15) is 14.4 Å². The van der Waals surface area contributed by atoms with E-state index in [-0.39, 0.29) is 17.7 Å². The zero-order valence-electron chi connectivity index (χ0n) is 68.2. The minimum absolute atomic E-state index is 0.107. The van der Waals surface area contributed by atoms with Gasteiger partial charge in [0.05, 0.1) is 54.4 Å². The molecule has 576 valence electrons. The van der Waals surface area contributed by atoms with Crippen molar-refractivity contribution in [2.75, 3.05) is 16.0 Å². The lowest BCUT2D eigenvalue weighted by Gasteiger charge is -2.06. The highest BCUT2D eigenvalue weighted by molar-refractivity contribution is 6.00. The quantitative estimate of drug-likeness (QED) is 0.0684. The largest absolute Gasteiger partial charge is 0.361 e. The maximum Gasteiger partial charge on any atom is 0.228 e. The second-order valence-electron chi connectivity index (χ2n) is 31.9. The minimum atomic E-state index is 0.107. The molecule has 3 aliphatic heterocycles. The summed E-state index contributed by atoms with van der Waals surface area (Å²) in [6, 6.07) is 63.9. The van der Waals surface area contributed by atoms with Crippen molar-refractivity contribution >= 4 is 100 Å². The molecule has 0 bridgehead atoms. The van der Waals surface area contributed by atoms with Gasteiger partial charge in [-0.25, -0.2) is 0 Å². The van der Waals surface area contributed by atoms with E-state index < -0.39 is 0 Å². The van der Waals surface area contributed by atoms with Gasteiger partial charge >= 0.3 is 0 Å². The number of hydrogen-bond donors (Lipinski definition) is 9. The third-order valence-corrected chi connectivity index (χ3v) is 20.4. The predicted octanol–water partition coefficient (Wildman–Crippen LogP) is 24.8. The maximum atomic E-state index is 11.1. The molecule has 0 saturated carbocycles. The van der Waals surface area contributed by atoms with E-state index in [1.807, 2.05) is 55.4 Å². The number of aromatic nitrogens is 9. The number of H-pyrrole nitrogens is 6. The van der Waals surface area contributed by atoms with Crippen LogP contribution in [0.2, 0.25) is 0 Å². The Morgan fingerprint density at radius 2 is 0.523 bits per heavy atom. The number of amides is 3. The van der Waals surface area contributed by atoms with Crippen molar-refractivity contribution in [3.8, 4) is 0 Å². The van der Waals surface area contributed by atoms with Gasteiger partial charge in [-0.05, 0) is 221 Å². The van der Waals surface area contributed by atoms with Crippen molar-refractivity contribution in [3.63, 3.8) is 0 Å². The summed E-state index contributed by atoms with van der Waals surface area (Å²) in [6.07, 6.45) is 13.1. The third-order valence-electron chi connectivity index (χ3n) is 20.4. The summed E-state index contributed by atoms with van der Waals surface area (Å²) in [7, 11) is 0. The van der Waals surface area contributed by atoms with Gasteiger partial charge in [0.2, 0.25) is 17.7 Å². The molecule has 0 unspecified atom stereocenters. The summed E-state index contributed by atoms with van der Waals surface area (Å²) >= 11 is 0. The van der Waals surface area contributed by atoms with E-state index in [4.69, 9.17) is 0 Å². The van der Waals surface area contributed by atoms with Crippen LogP contribution in [-0.2, 0) is 33.6 Å². The fourth-order valence-electron chi connectivity index (χ4n) is 13.0. The maximum absolute atomic E-state index is 11.1. The zero-order chi connectivity index (χ0) is 79.6. The molecule has 111 heavy (non-hydrogen) atoms. The first-order chi connectivity index (χ1) is 53.1. The molecule has 9 heterocycles. The van der Waals surface area contributed by atoms with Gasteiger partial charge in [0.1, 0.15) is 0 Å². The number of benzene rings is 9. The van der Waals surface area contributed by atoms with Crippen LogP contribution in [0.5, 0.6) is 0 Å². The zero-order valence-corrected chi connectivity index (χ0v) is 68.2. The van der Waals surface area contributed by atoms with Crippen LogP contribution in [0.1, 0.15) is 245 Å². The van der Waals surface area contributed by atoms with Crippen molar-refractivity contribution in [1.82, 2.24) is 45.5 Å². The van der Waals surface area contributed by atoms with Crippen molar-refractivity contribution < 1.29 is 14.4 Å². The summed E-state index contributed by atoms with van der Waals surface area (Å²) in [5.41, 5.74) is 25.5. The first-order valence-electron chi connectivity index (χ1n) is 39.4. The Morgan fingerprint density at radius 1 is 0.234 bits per heavy atom. The molecule has 3 aliphatic rings. The summed E-state index contributed by atoms with van der Waals surface area (Å²) in [4.78, 5) is 42.8. The average Bonchev–Trinajstić information content (AvgIpc) is 1.68. The Balaban J connectivity index is 0.000000133. The van der Waals surface area contributed by atoms with Crippen LogP contribution in [0.4, 0.5) is 17.1 Å². The minimum Gasteiger partial charge on any atom is -0.361 e. The van der Waals surface area contributed by atoms with Crippen LogP contribution >= 0.6 is 0 Å². The van der Waals surface area contributed by atoms with E-state index in [1.165, 1.54) is 98.9 Å². The first-order valence-corrected chi connectivity index (χ1v) is 39.4. The van der Waals surface area contributed by atoms with Crippen LogP contribution in [0.3, 0.4) is 0 Å². The van der Waals surface area contributed by atoms with E-state index in [2.05, 4.69) is 350 Å². The Labute approximate surface area is 655 Å². The number of fused-ring (bicyclic) bond motifs is 9. The number of nitrogens with zero attached hydrogens (tertiary/aromatic N) is 3. The number of aromatic amines is 6. The fraction of sp³-hybridized carbons (Fsp3) is 0.312. The lowest BCUT2D eigenvalue weighted by Crippen LogP contribution is -2.03. The van der Waals surface area contributed by atoms with E-state index >= 15 is 0 Å². The molecule has 0 aliphatic carbocycles. The highest BCUT2D eigenvalue weighted by Gasteiger charge is 2.21. The molecule has 15 nitrogen and oxygen atoms in total. The number of rotatable bonds is 9. The first kappa shape index (κ1) is 81.9. The molecule has 0 spiro atoms. The number of hydrogen-bond acceptors (Lipinski definition) is 6. The van der Waals surface area contributed by atoms with Crippen LogP contribution < -0.4 is 16.0 Å². The monoisotopic (exact) mass is 1480 g/mol. The molecule has 9 aromatic carbocycles. The van der Waals surface area contributed by atoms with Gasteiger partial charge in [0.15, 0.2) is 0 Å². The Kier molecular flexibility index (Phi) is 28.2. The number of carbonyl (C=O) groups is 3. The second kappa shape index (κ2) is 38.2. The van der Waals surface area contributed by atoms with Crippen molar-refractivity contribution in [1.29, 1.82) is 0 Å². The molecule has 6 aromatic heterocycles. The lowest BCUT2D eigenvalue weighted by molar-refractivity contribution is -0.115. The topological polar surface area (TPSA) is 221 Å². The van der Waals surface area contributed by atoms with E-state index in [0.717, 1.165) is 50.3 Å². The molecule has 0 saturated heterocycles. The van der Waals surface area contributed by atoms with Gasteiger partial charge < -0.3 is 30.9 Å². The molecule has 0 atom stereocenters. The SMILES string of the molecule is CC(C)c1ccc2[nH]ccc2c1.CC(C)c1ccc2[nH]ncc2c1.CC(C)c1ccc2c(c1)CC(=O)N2.CC(C)c1ccc2c(c1)NC(=O)C2.CC(C)c1ccc2c(c1)NC(=O)C2.CC(C)c1ccc2cc[nH]c2c1.CC(C)c1ccc2cc[nH]c2c1.CC(C)c1ccc2cn[nH]c2c1.CC(C)c1ccc2cn[nH]c2c1. The smallest absolute Gasteiger partial charge is 0.228 e. The summed E-state index contributed by atoms with van der Waals surface area (Å²) < 4.78 is 0. The number of anilines is 3. The highest BCUT2D eigenvalue weighted by Crippen LogP contribution is 2.32. The standard InChI is InChI=1S/3C11H13NO.3C11H13N.3C10H12N2/c1-7(2)8-3-4-10-9(5-8)6-11(13)12-10;2*1-7(2)8-3-4-9-6-11(13)12-10(9)5-8;1-8(2)9-3-4-11-10(7-9)5-6-12-11;2*1-8(2)10-4-3-9-5-6-12-11(9)7-10;1-7(2)8-3-4-10-9(5-8)6-11-12-10;2*1-7(2)8-3-4-9-6-11-12-10(9)5-8/h3*3-5,7H,6H2,1-2H3,(H,12,13);3*3-8,12H,1-2H3;3*3-7H,1-2H3,(H,11,12). The molecule has 0 radical (unpaired) electrons. The average molecular weight is 1480 g/mol. The van der Waals surface area contributed by atoms with Gasteiger partial charge in [0.25, 0.3) is 0 Å². The number of nitrogens with one attached hydrogen (secondary N) is 9. The van der Waals surface area contributed by atoms with Gasteiger partial charge in [0, 0.05) is 68.4 Å². The molecule has 9 N–H and O–H groups in total. The fourth-order valence-corrected chi connectivity index (χ4v) is 13.0. The molecule has 18 rings (SSSR count). The van der Waals surface area contributed by atoms with Gasteiger partial charge in [-0.2, -0.15) is 15.3 Å². The lowest BCUT2D eigenvalue weighted by atomic mass is 10.00. The van der Waals surface area contributed by atoms with Gasteiger partial charge in [-0.3, -0.25) is 29.7 Å². The van der Waals surface area contributed by atoms with Crippen LogP contribution in [0.25, 0.3) is 65.4 Å². The number of carbonyl (C=O) groups excluding carboxylic acids is 3. The van der Waals surface area contributed by atoms with Crippen LogP contribution in [0, 0.1) is 0 Å². The molecule has 15 heteroatoms. The Morgan fingerprint density at radius 3 is 0.946 bits per heavy atom. The molecule has 0 fully saturated rings. The highest BCUT2D eigenvalue weighted by atomic mass is 16.2. The third kappa shape index (κ3) is 22.6. The molecule has 15 aromatic rings. The van der Waals surface area contributed by atoms with Crippen molar-refractivity contribution in [2.45, 2.75) is 197 Å². The van der Waals surface area contributed by atoms with Crippen LogP contribution in [0.15, 0.2) is 219 Å². The summed E-state index contributed by atoms with van der Waals surface area (Å²) in [5, 5.41) is 36.8. The van der Waals surface area contributed by atoms with Crippen molar-refractivity contribution in [2.24, 2.45) is 0 Å². The Bertz CT molecular complexity index is 4770. The van der Waals surface area contributed by atoms with Gasteiger partial charge in [-0.15, -0.1) is 0 Å². The molecular weight excluding hydrogens is 1370 g/mol. The van der Waals surface area contributed by atoms with E-state index in [0.29, 0.717) is 72.5 Å². The van der Waals surface area contributed by atoms with E-state index in [1.54, 1.807) is 0 Å². The summed E-state index contributed by atoms with van der Waals surface area (Å²) in [6.45, 7) is 39.4. The van der Waals surface area contributed by atoms with Crippen LogP contribution in [-0.4, -0.2) is 63.3 Å². The van der Waals surface area contributed by atoms with Crippen molar-refractivity contribution in [3.05, 3.63) is 286 Å².